The molecule has 2 heterocycles. The van der Waals surface area contributed by atoms with Crippen LogP contribution in [0.5, 0.6) is 0 Å². The molecule has 6 heteroatoms. The van der Waals surface area contributed by atoms with Crippen LogP contribution in [-0.4, -0.2) is 74.0 Å². The highest BCUT2D eigenvalue weighted by atomic mass is 16.2. The first kappa shape index (κ1) is 17.2. The summed E-state index contributed by atoms with van der Waals surface area (Å²) in [5.74, 6) is 0.580. The van der Waals surface area contributed by atoms with Crippen molar-refractivity contribution in [3.05, 3.63) is 0 Å². The highest BCUT2D eigenvalue weighted by Crippen LogP contribution is 2.09. The predicted octanol–water partition coefficient (Wildman–Crippen LogP) is 0.191. The van der Waals surface area contributed by atoms with Crippen LogP contribution >= 0.6 is 0 Å². The van der Waals surface area contributed by atoms with E-state index in [9.17, 15) is 9.59 Å². The molecule has 0 saturated carbocycles. The van der Waals surface area contributed by atoms with Crippen LogP contribution in [0.15, 0.2) is 0 Å². The van der Waals surface area contributed by atoms with E-state index in [1.54, 1.807) is 0 Å². The van der Waals surface area contributed by atoms with Gasteiger partial charge < -0.3 is 20.4 Å². The van der Waals surface area contributed by atoms with E-state index in [1.807, 2.05) is 9.80 Å². The Balaban J connectivity index is 1.46. The summed E-state index contributed by atoms with van der Waals surface area (Å²) in [6.45, 7) is 7.05. The molecule has 2 rings (SSSR count). The van der Waals surface area contributed by atoms with E-state index in [-0.39, 0.29) is 0 Å². The maximum absolute atomic E-state index is 12.0. The minimum Gasteiger partial charge on any atom is -0.340 e. The van der Waals surface area contributed by atoms with Crippen LogP contribution in [0.1, 0.15) is 38.5 Å². The van der Waals surface area contributed by atoms with Crippen molar-refractivity contribution < 1.29 is 9.59 Å². The summed E-state index contributed by atoms with van der Waals surface area (Å²) < 4.78 is 0. The average molecular weight is 310 g/mol. The predicted molar refractivity (Wildman–Crippen MR) is 86.6 cm³/mol. The highest BCUT2D eigenvalue weighted by molar-refractivity contribution is 5.76. The van der Waals surface area contributed by atoms with Gasteiger partial charge in [-0.2, -0.15) is 0 Å². The van der Waals surface area contributed by atoms with Gasteiger partial charge in [-0.05, 0) is 12.8 Å². The Bertz CT molecular complexity index is 316. The number of unbranched alkanes of at least 4 members (excludes halogenated alkanes) is 3. The third-order valence-electron chi connectivity index (χ3n) is 4.47. The molecule has 6 nitrogen and oxygen atoms in total. The van der Waals surface area contributed by atoms with Crippen molar-refractivity contribution in [2.45, 2.75) is 38.5 Å². The molecule has 2 N–H and O–H groups in total. The number of nitrogens with zero attached hydrogens (tertiary/aromatic N) is 2. The lowest BCUT2D eigenvalue weighted by atomic mass is 10.1. The molecule has 0 atom stereocenters. The maximum Gasteiger partial charge on any atom is 0.222 e. The van der Waals surface area contributed by atoms with E-state index in [0.29, 0.717) is 24.7 Å². The SMILES string of the molecule is O=C(CCCCCCC(=O)N1CCNCC1)N1CCNCC1. The number of piperazine rings is 2. The molecule has 0 aromatic rings. The van der Waals surface area contributed by atoms with Crippen molar-refractivity contribution in [2.75, 3.05) is 52.4 Å². The molecule has 22 heavy (non-hydrogen) atoms. The van der Waals surface area contributed by atoms with Gasteiger partial charge in [-0.3, -0.25) is 9.59 Å². The average Bonchev–Trinajstić information content (AvgIpc) is 2.59. The standard InChI is InChI=1S/C16H30N4O2/c21-15(19-11-7-17-8-12-19)5-3-1-2-4-6-16(22)20-13-9-18-10-14-20/h17-18H,1-14H2. The van der Waals surface area contributed by atoms with Crippen molar-refractivity contribution in [3.8, 4) is 0 Å². The van der Waals surface area contributed by atoms with Gasteiger partial charge in [-0.15, -0.1) is 0 Å². The fraction of sp³-hybridized carbons (Fsp3) is 0.875. The van der Waals surface area contributed by atoms with Gasteiger partial charge in [-0.25, -0.2) is 0 Å². The van der Waals surface area contributed by atoms with Crippen molar-refractivity contribution in [2.24, 2.45) is 0 Å². The number of hydrogen-bond donors (Lipinski definition) is 2. The van der Waals surface area contributed by atoms with Crippen molar-refractivity contribution in [1.29, 1.82) is 0 Å². The molecule has 0 bridgehead atoms. The normalized spacial score (nSPS) is 19.3. The minimum atomic E-state index is 0.290. The molecule has 2 aliphatic heterocycles. The van der Waals surface area contributed by atoms with Crippen LogP contribution in [0.25, 0.3) is 0 Å². The van der Waals surface area contributed by atoms with E-state index in [2.05, 4.69) is 10.6 Å². The van der Waals surface area contributed by atoms with Crippen LogP contribution in [0.3, 0.4) is 0 Å². The fourth-order valence-electron chi connectivity index (χ4n) is 3.05. The van der Waals surface area contributed by atoms with Gasteiger partial charge in [0.15, 0.2) is 0 Å². The first-order chi connectivity index (χ1) is 10.8. The second-order valence-corrected chi connectivity index (χ2v) is 6.18. The van der Waals surface area contributed by atoms with Crippen LogP contribution in [0.4, 0.5) is 0 Å². The third kappa shape index (κ3) is 5.93. The molecule has 0 aromatic heterocycles. The number of carbonyl (C=O) groups excluding carboxylic acids is 2. The lowest BCUT2D eigenvalue weighted by Crippen LogP contribution is -2.46. The molecule has 0 radical (unpaired) electrons. The van der Waals surface area contributed by atoms with Crippen LogP contribution in [0, 0.1) is 0 Å². The Labute approximate surface area is 133 Å². The van der Waals surface area contributed by atoms with E-state index in [0.717, 1.165) is 78.0 Å². The zero-order valence-corrected chi connectivity index (χ0v) is 13.6. The first-order valence-corrected chi connectivity index (χ1v) is 8.74. The zero-order valence-electron chi connectivity index (χ0n) is 13.6. The highest BCUT2D eigenvalue weighted by Gasteiger charge is 2.16. The summed E-state index contributed by atoms with van der Waals surface area (Å²) in [6.07, 6.45) is 5.31. The molecular weight excluding hydrogens is 280 g/mol. The number of nitrogens with one attached hydrogen (secondary N) is 2. The van der Waals surface area contributed by atoms with Crippen molar-refractivity contribution in [1.82, 2.24) is 20.4 Å². The second kappa shape index (κ2) is 9.79. The third-order valence-corrected chi connectivity index (χ3v) is 4.47. The molecule has 2 aliphatic rings. The Kier molecular flexibility index (Phi) is 7.66. The second-order valence-electron chi connectivity index (χ2n) is 6.18. The van der Waals surface area contributed by atoms with Gasteiger partial charge in [0, 0.05) is 65.2 Å². The van der Waals surface area contributed by atoms with Gasteiger partial charge in [0.05, 0.1) is 0 Å². The topological polar surface area (TPSA) is 64.7 Å². The molecule has 0 unspecified atom stereocenters. The van der Waals surface area contributed by atoms with E-state index < -0.39 is 0 Å². The Morgan fingerprint density at radius 1 is 0.636 bits per heavy atom. The monoisotopic (exact) mass is 310 g/mol. The molecule has 0 aromatic carbocycles. The lowest BCUT2D eigenvalue weighted by molar-refractivity contribution is -0.132. The molecule has 2 saturated heterocycles. The molecule has 0 aliphatic carbocycles. The quantitative estimate of drug-likeness (QED) is 0.659. The van der Waals surface area contributed by atoms with Crippen LogP contribution < -0.4 is 10.6 Å². The Morgan fingerprint density at radius 2 is 1.00 bits per heavy atom. The Hall–Kier alpha value is -1.14. The number of hydrogen-bond acceptors (Lipinski definition) is 4. The first-order valence-electron chi connectivity index (χ1n) is 8.74. The summed E-state index contributed by atoms with van der Waals surface area (Å²) in [4.78, 5) is 27.9. The summed E-state index contributed by atoms with van der Waals surface area (Å²) >= 11 is 0. The molecule has 2 amide bonds. The molecule has 126 valence electrons. The summed E-state index contributed by atoms with van der Waals surface area (Å²) in [5.41, 5.74) is 0. The lowest BCUT2D eigenvalue weighted by Gasteiger charge is -2.27. The van der Waals surface area contributed by atoms with E-state index in [4.69, 9.17) is 0 Å². The summed E-state index contributed by atoms with van der Waals surface area (Å²) in [5, 5.41) is 6.51. The van der Waals surface area contributed by atoms with Gasteiger partial charge in [0.2, 0.25) is 11.8 Å². The van der Waals surface area contributed by atoms with Crippen LogP contribution in [0.2, 0.25) is 0 Å². The largest absolute Gasteiger partial charge is 0.340 e. The maximum atomic E-state index is 12.0. The van der Waals surface area contributed by atoms with E-state index >= 15 is 0 Å². The number of carbonyl (C=O) groups is 2. The van der Waals surface area contributed by atoms with Gasteiger partial charge in [-0.1, -0.05) is 12.8 Å². The molecular formula is C16H30N4O2. The van der Waals surface area contributed by atoms with Gasteiger partial charge in [0.25, 0.3) is 0 Å². The molecule has 0 spiro atoms. The number of amides is 2. The van der Waals surface area contributed by atoms with Crippen LogP contribution in [-0.2, 0) is 9.59 Å². The fourth-order valence-corrected chi connectivity index (χ4v) is 3.05. The smallest absolute Gasteiger partial charge is 0.222 e. The van der Waals surface area contributed by atoms with Crippen molar-refractivity contribution in [3.63, 3.8) is 0 Å². The van der Waals surface area contributed by atoms with Gasteiger partial charge in [0.1, 0.15) is 0 Å². The zero-order chi connectivity index (χ0) is 15.6. The Morgan fingerprint density at radius 3 is 1.36 bits per heavy atom. The summed E-state index contributed by atoms with van der Waals surface area (Å²) in [7, 11) is 0. The summed E-state index contributed by atoms with van der Waals surface area (Å²) in [6, 6.07) is 0. The minimum absolute atomic E-state index is 0.290. The van der Waals surface area contributed by atoms with Crippen molar-refractivity contribution >= 4 is 11.8 Å². The molecule has 2 fully saturated rings. The number of rotatable bonds is 7. The van der Waals surface area contributed by atoms with E-state index in [1.165, 1.54) is 0 Å². The van der Waals surface area contributed by atoms with Gasteiger partial charge >= 0.3 is 0 Å².